The maximum Gasteiger partial charge on any atom is 0.307 e. The minimum atomic E-state index is -3.95. The molecule has 2 aromatic heterocycles. The molecule has 1 aliphatic heterocycles. The lowest BCUT2D eigenvalue weighted by atomic mass is 9.84. The SMILES string of the molecule is CC(C)(C)OC(=O)C[C@@H](CCCC1CCCCC1)c1nc(CNC2CCOCC2)no1.Cc1ccc(S(=O)(=O)OCc2noc([C@H](CCCC3CCCCC3)CC(=O)OC(C)(C)C)n2)cc1. The highest BCUT2D eigenvalue weighted by Gasteiger charge is 2.29. The molecule has 66 heavy (non-hydrogen) atoms. The topological polar surface area (TPSA) is 195 Å². The van der Waals surface area contributed by atoms with Gasteiger partial charge in [-0.15, -0.1) is 0 Å². The monoisotopic (exact) mass is 942 g/mol. The fraction of sp³-hybridized carbons (Fsp3) is 0.760. The molecule has 0 bridgehead atoms. The van der Waals surface area contributed by atoms with Crippen molar-refractivity contribution in [3.8, 4) is 0 Å². The smallest absolute Gasteiger partial charge is 0.307 e. The third-order valence-corrected chi connectivity index (χ3v) is 13.8. The van der Waals surface area contributed by atoms with E-state index < -0.39 is 21.3 Å². The van der Waals surface area contributed by atoms with Gasteiger partial charge in [0.15, 0.2) is 11.6 Å². The van der Waals surface area contributed by atoms with Crippen molar-refractivity contribution < 1.29 is 45.4 Å². The molecule has 0 amide bonds. The first-order valence-corrected chi connectivity index (χ1v) is 26.2. The lowest BCUT2D eigenvalue weighted by molar-refractivity contribution is -0.156. The first-order valence-electron chi connectivity index (χ1n) is 24.8. The van der Waals surface area contributed by atoms with Gasteiger partial charge >= 0.3 is 11.9 Å². The van der Waals surface area contributed by atoms with Gasteiger partial charge in [0.25, 0.3) is 10.1 Å². The van der Waals surface area contributed by atoms with Crippen LogP contribution in [0.15, 0.2) is 38.2 Å². The van der Waals surface area contributed by atoms with Gasteiger partial charge in [-0.1, -0.05) is 118 Å². The number of rotatable bonds is 21. The Labute approximate surface area is 394 Å². The Morgan fingerprint density at radius 3 is 1.65 bits per heavy atom. The molecular weight excluding hydrogens is 863 g/mol. The number of carbonyl (C=O) groups excluding carboxylic acids is 2. The molecule has 3 aliphatic rings. The quantitative estimate of drug-likeness (QED) is 0.0782. The van der Waals surface area contributed by atoms with E-state index in [1.165, 1.54) is 82.8 Å². The molecule has 15 nitrogen and oxygen atoms in total. The molecule has 0 unspecified atom stereocenters. The summed E-state index contributed by atoms with van der Waals surface area (Å²) in [5.41, 5.74) is -0.120. The second kappa shape index (κ2) is 26.1. The highest BCUT2D eigenvalue weighted by molar-refractivity contribution is 7.86. The molecule has 1 N–H and O–H groups in total. The number of benzene rings is 1. The summed E-state index contributed by atoms with van der Waals surface area (Å²) >= 11 is 0. The fourth-order valence-corrected chi connectivity index (χ4v) is 9.96. The zero-order chi connectivity index (χ0) is 47.6. The van der Waals surface area contributed by atoms with Crippen molar-refractivity contribution in [1.82, 2.24) is 25.6 Å². The van der Waals surface area contributed by atoms with Gasteiger partial charge in [-0.05, 0) is 98.1 Å². The summed E-state index contributed by atoms with van der Waals surface area (Å²) in [5, 5.41) is 11.6. The van der Waals surface area contributed by atoms with Crippen molar-refractivity contribution in [3.05, 3.63) is 53.3 Å². The highest BCUT2D eigenvalue weighted by Crippen LogP contribution is 2.33. The molecule has 1 saturated heterocycles. The normalized spacial score (nSPS) is 18.0. The molecule has 1 aromatic carbocycles. The summed E-state index contributed by atoms with van der Waals surface area (Å²) in [7, 11) is -3.95. The molecule has 0 radical (unpaired) electrons. The van der Waals surface area contributed by atoms with Gasteiger partial charge in [0.1, 0.15) is 17.8 Å². The van der Waals surface area contributed by atoms with Crippen molar-refractivity contribution in [1.29, 1.82) is 0 Å². The molecule has 370 valence electrons. The standard InChI is InChI=1S/C26H38N2O6S.C24H41N3O4/c1-19-13-15-22(16-14-19)35(30,31)32-18-23-27-25(34-28-23)21(17-24(29)33-26(2,3)4)12-8-11-20-9-6-5-7-10-20;1-24(2,3)30-22(28)16-19(11-7-10-18-8-5-4-6-9-18)23-26-21(27-31-23)17-25-20-12-14-29-15-13-20/h13-16,20-21H,5-12,17-18H2,1-4H3;18-20,25H,4-17H2,1-3H3/t21-;19-/m11/s1. The van der Waals surface area contributed by atoms with Crippen molar-refractivity contribution in [2.75, 3.05) is 13.2 Å². The van der Waals surface area contributed by atoms with Crippen molar-refractivity contribution >= 4 is 22.1 Å². The maximum absolute atomic E-state index is 12.5. The molecule has 16 heteroatoms. The predicted octanol–water partition coefficient (Wildman–Crippen LogP) is 10.8. The van der Waals surface area contributed by atoms with E-state index in [4.69, 9.17) is 27.4 Å². The summed E-state index contributed by atoms with van der Waals surface area (Å²) in [6.07, 6.45) is 21.7. The molecule has 3 fully saturated rings. The van der Waals surface area contributed by atoms with Crippen LogP contribution in [0.5, 0.6) is 0 Å². The van der Waals surface area contributed by atoms with Crippen LogP contribution in [-0.4, -0.2) is 71.1 Å². The van der Waals surface area contributed by atoms with Crippen molar-refractivity contribution in [2.24, 2.45) is 11.8 Å². The lowest BCUT2D eigenvalue weighted by Gasteiger charge is -2.23. The van der Waals surface area contributed by atoms with Crippen LogP contribution >= 0.6 is 0 Å². The number of nitrogens with zero attached hydrogens (tertiary/aromatic N) is 4. The molecule has 2 saturated carbocycles. The number of aromatic nitrogens is 4. The van der Waals surface area contributed by atoms with E-state index >= 15 is 0 Å². The number of aryl methyl sites for hydroxylation is 1. The summed E-state index contributed by atoms with van der Waals surface area (Å²) in [5.74, 6) is 2.34. The summed E-state index contributed by atoms with van der Waals surface area (Å²) in [4.78, 5) is 34.1. The Bertz CT molecular complexity index is 1990. The average molecular weight is 942 g/mol. The van der Waals surface area contributed by atoms with Crippen LogP contribution in [0, 0.1) is 18.8 Å². The van der Waals surface area contributed by atoms with Crippen molar-refractivity contribution in [2.45, 2.75) is 224 Å². The van der Waals surface area contributed by atoms with E-state index in [1.54, 1.807) is 12.1 Å². The second-order valence-electron chi connectivity index (χ2n) is 20.7. The molecule has 6 rings (SSSR count). The van der Waals surface area contributed by atoms with E-state index in [2.05, 4.69) is 25.6 Å². The Kier molecular flexibility index (Phi) is 21.1. The summed E-state index contributed by atoms with van der Waals surface area (Å²) in [6, 6.07) is 6.84. The van der Waals surface area contributed by atoms with Gasteiger partial charge < -0.3 is 28.6 Å². The summed E-state index contributed by atoms with van der Waals surface area (Å²) in [6.45, 7) is 14.9. The van der Waals surface area contributed by atoms with Crippen LogP contribution < -0.4 is 5.32 Å². The fourth-order valence-electron chi connectivity index (χ4n) is 9.09. The van der Waals surface area contributed by atoms with E-state index in [9.17, 15) is 18.0 Å². The van der Waals surface area contributed by atoms with E-state index in [1.807, 2.05) is 48.5 Å². The van der Waals surface area contributed by atoms with Gasteiger partial charge in [0.2, 0.25) is 11.8 Å². The summed E-state index contributed by atoms with van der Waals surface area (Å²) < 4.78 is 57.6. The molecular formula is C50H79N5O10S. The zero-order valence-corrected chi connectivity index (χ0v) is 41.8. The van der Waals surface area contributed by atoms with Gasteiger partial charge in [0.05, 0.1) is 24.3 Å². The van der Waals surface area contributed by atoms with Crippen LogP contribution in [0.2, 0.25) is 0 Å². The third kappa shape index (κ3) is 19.9. The number of nitrogens with one attached hydrogen (secondary N) is 1. The number of ether oxygens (including phenoxy) is 3. The first kappa shape index (κ1) is 53.2. The molecule has 2 atom stereocenters. The average Bonchev–Trinajstić information content (AvgIpc) is 3.95. The Morgan fingerprint density at radius 2 is 1.17 bits per heavy atom. The van der Waals surface area contributed by atoms with Gasteiger partial charge in [-0.25, -0.2) is 0 Å². The van der Waals surface area contributed by atoms with E-state index in [-0.39, 0.29) is 53.9 Å². The van der Waals surface area contributed by atoms with Crippen LogP contribution in [0.3, 0.4) is 0 Å². The highest BCUT2D eigenvalue weighted by atomic mass is 32.2. The van der Waals surface area contributed by atoms with Gasteiger partial charge in [-0.2, -0.15) is 18.4 Å². The Hall–Kier alpha value is -3.73. The molecule has 0 spiro atoms. The largest absolute Gasteiger partial charge is 0.460 e. The predicted molar refractivity (Wildman–Crippen MR) is 250 cm³/mol. The minimum absolute atomic E-state index is 0.0670. The maximum atomic E-state index is 12.5. The van der Waals surface area contributed by atoms with Crippen LogP contribution in [0.1, 0.15) is 211 Å². The molecule has 2 aliphatic carbocycles. The molecule has 3 aromatic rings. The van der Waals surface area contributed by atoms with Gasteiger partial charge in [0, 0.05) is 31.1 Å². The van der Waals surface area contributed by atoms with E-state index in [0.29, 0.717) is 30.2 Å². The lowest BCUT2D eigenvalue weighted by Crippen LogP contribution is -2.34. The van der Waals surface area contributed by atoms with Gasteiger partial charge in [-0.3, -0.25) is 13.8 Å². The number of hydrogen-bond donors (Lipinski definition) is 1. The number of esters is 2. The van der Waals surface area contributed by atoms with Crippen LogP contribution in [-0.2, 0) is 51.3 Å². The number of carbonyl (C=O) groups is 2. The van der Waals surface area contributed by atoms with Crippen LogP contribution in [0.4, 0.5) is 0 Å². The van der Waals surface area contributed by atoms with Crippen LogP contribution in [0.25, 0.3) is 0 Å². The Morgan fingerprint density at radius 1 is 0.697 bits per heavy atom. The minimum Gasteiger partial charge on any atom is -0.460 e. The van der Waals surface area contributed by atoms with E-state index in [0.717, 1.165) is 75.6 Å². The third-order valence-electron chi connectivity index (χ3n) is 12.5. The molecule has 3 heterocycles. The second-order valence-corrected chi connectivity index (χ2v) is 22.4. The van der Waals surface area contributed by atoms with Crippen molar-refractivity contribution in [3.63, 3.8) is 0 Å². The number of hydrogen-bond acceptors (Lipinski definition) is 15. The first-order chi connectivity index (χ1) is 31.4. The zero-order valence-electron chi connectivity index (χ0n) is 40.9. The Balaban J connectivity index is 0.000000249.